The van der Waals surface area contributed by atoms with E-state index < -0.39 is 0 Å². The number of esters is 1. The minimum Gasteiger partial charge on any atom is -0.465 e. The second-order valence-electron chi connectivity index (χ2n) is 11.1. The average Bonchev–Trinajstić information content (AvgIpc) is 3.55. The molecular weight excluding hydrogens is 526 g/mol. The van der Waals surface area contributed by atoms with Gasteiger partial charge in [0.25, 0.3) is 0 Å². The van der Waals surface area contributed by atoms with Crippen LogP contribution < -0.4 is 5.32 Å². The number of hydrogen-bond acceptors (Lipinski definition) is 6. The molecule has 0 unspecified atom stereocenters. The van der Waals surface area contributed by atoms with Gasteiger partial charge in [-0.3, -0.25) is 0 Å². The molecule has 220 valence electrons. The van der Waals surface area contributed by atoms with Crippen LogP contribution in [0.5, 0.6) is 0 Å². The zero-order valence-corrected chi connectivity index (χ0v) is 25.1. The fraction of sp³-hybridized carbons (Fsp3) is 0.382. The van der Waals surface area contributed by atoms with Crippen molar-refractivity contribution in [1.82, 2.24) is 19.1 Å². The molecule has 8 heteroatoms. The highest BCUT2D eigenvalue weighted by Crippen LogP contribution is 2.34. The number of nitrogens with one attached hydrogen (secondary N) is 1. The number of benzene rings is 3. The molecule has 3 aromatic carbocycles. The minimum absolute atomic E-state index is 0.363. The third kappa shape index (κ3) is 6.49. The number of aryl methyl sites for hydroxylation is 3. The van der Waals surface area contributed by atoms with Gasteiger partial charge in [0, 0.05) is 38.9 Å². The molecule has 1 N–H and O–H groups in total. The molecule has 0 amide bonds. The van der Waals surface area contributed by atoms with Crippen LogP contribution >= 0.6 is 0 Å². The lowest BCUT2D eigenvalue weighted by Gasteiger charge is -2.15. The zero-order valence-electron chi connectivity index (χ0n) is 25.1. The van der Waals surface area contributed by atoms with Crippen molar-refractivity contribution in [3.05, 3.63) is 77.9 Å². The van der Waals surface area contributed by atoms with Crippen molar-refractivity contribution in [2.75, 3.05) is 32.7 Å². The molecule has 42 heavy (non-hydrogen) atoms. The van der Waals surface area contributed by atoms with Gasteiger partial charge in [-0.1, -0.05) is 50.2 Å². The maximum absolute atomic E-state index is 12.3. The molecule has 5 aromatic rings. The third-order valence-electron chi connectivity index (χ3n) is 7.61. The number of imidazole rings is 2. The number of carbonyl (C=O) groups is 1. The van der Waals surface area contributed by atoms with E-state index in [1.54, 1.807) is 7.11 Å². The van der Waals surface area contributed by atoms with E-state index in [0.717, 1.165) is 84.7 Å². The molecule has 0 saturated carbocycles. The molecular formula is C34H41N5O3. The second kappa shape index (κ2) is 13.7. The van der Waals surface area contributed by atoms with E-state index in [4.69, 9.17) is 19.4 Å². The largest absolute Gasteiger partial charge is 0.465 e. The van der Waals surface area contributed by atoms with Crippen LogP contribution in [0.3, 0.4) is 0 Å². The van der Waals surface area contributed by atoms with Crippen LogP contribution in [0.4, 0.5) is 5.95 Å². The Kier molecular flexibility index (Phi) is 9.54. The van der Waals surface area contributed by atoms with Gasteiger partial charge in [-0.15, -0.1) is 0 Å². The van der Waals surface area contributed by atoms with Crippen LogP contribution in [0.15, 0.2) is 66.7 Å². The van der Waals surface area contributed by atoms with E-state index in [1.807, 2.05) is 18.2 Å². The molecule has 2 aromatic heterocycles. The first-order valence-electron chi connectivity index (χ1n) is 14.8. The van der Waals surface area contributed by atoms with E-state index in [0.29, 0.717) is 18.1 Å². The topological polar surface area (TPSA) is 83.2 Å². The molecule has 0 atom stereocenters. The second-order valence-corrected chi connectivity index (χ2v) is 11.1. The molecule has 0 bridgehead atoms. The highest BCUT2D eigenvalue weighted by molar-refractivity contribution is 5.97. The Hall–Kier alpha value is -4.17. The number of methoxy groups -OCH3 is 2. The van der Waals surface area contributed by atoms with Crippen LogP contribution in [-0.4, -0.2) is 52.4 Å². The number of anilines is 1. The normalized spacial score (nSPS) is 11.5. The summed E-state index contributed by atoms with van der Waals surface area (Å²) in [6.45, 7) is 7.57. The summed E-state index contributed by atoms with van der Waals surface area (Å²) in [5.41, 5.74) is 6.63. The van der Waals surface area contributed by atoms with Gasteiger partial charge in [0.05, 0.1) is 34.7 Å². The van der Waals surface area contributed by atoms with Crippen molar-refractivity contribution in [2.24, 2.45) is 5.92 Å². The van der Waals surface area contributed by atoms with E-state index in [-0.39, 0.29) is 5.97 Å². The lowest BCUT2D eigenvalue weighted by atomic mass is 10.1. The minimum atomic E-state index is -0.363. The molecule has 0 aliphatic heterocycles. The van der Waals surface area contributed by atoms with E-state index >= 15 is 0 Å². The molecule has 0 fully saturated rings. The summed E-state index contributed by atoms with van der Waals surface area (Å²) >= 11 is 0. The number of rotatable bonds is 14. The van der Waals surface area contributed by atoms with Crippen LogP contribution in [0.2, 0.25) is 0 Å². The Morgan fingerprint density at radius 2 is 1.74 bits per heavy atom. The van der Waals surface area contributed by atoms with Crippen molar-refractivity contribution >= 4 is 34.0 Å². The summed E-state index contributed by atoms with van der Waals surface area (Å²) in [6, 6.07) is 22.5. The van der Waals surface area contributed by atoms with E-state index in [2.05, 4.69) is 76.8 Å². The standard InChI is InChI=1S/C34H41N5O3/c1-24(2)18-21-38-30-17-16-26(33(40)42-4)23-29(30)36-32(38)27-14-8-15-28-31(27)39(34(37-28)35-19-10-22-41-3)20-9-13-25-11-6-5-7-12-25/h5-8,11-12,14-17,23-24H,9-10,13,18-22H2,1-4H3,(H,35,37). The average molecular weight is 568 g/mol. The van der Waals surface area contributed by atoms with Crippen molar-refractivity contribution in [2.45, 2.75) is 52.6 Å². The number of ether oxygens (including phenoxy) is 2. The fourth-order valence-electron chi connectivity index (χ4n) is 5.42. The summed E-state index contributed by atoms with van der Waals surface area (Å²) in [6.07, 6.45) is 3.86. The Morgan fingerprint density at radius 1 is 0.905 bits per heavy atom. The number of aromatic nitrogens is 4. The van der Waals surface area contributed by atoms with Crippen molar-refractivity contribution < 1.29 is 14.3 Å². The molecule has 0 aliphatic rings. The van der Waals surface area contributed by atoms with Gasteiger partial charge < -0.3 is 23.9 Å². The Morgan fingerprint density at radius 3 is 2.50 bits per heavy atom. The maximum Gasteiger partial charge on any atom is 0.337 e. The first-order chi connectivity index (χ1) is 20.5. The highest BCUT2D eigenvalue weighted by Gasteiger charge is 2.21. The van der Waals surface area contributed by atoms with Gasteiger partial charge in [-0.25, -0.2) is 14.8 Å². The summed E-state index contributed by atoms with van der Waals surface area (Å²) in [4.78, 5) is 22.5. The number of carbonyl (C=O) groups excluding carboxylic acids is 1. The van der Waals surface area contributed by atoms with E-state index in [1.165, 1.54) is 12.7 Å². The highest BCUT2D eigenvalue weighted by atomic mass is 16.5. The fourth-order valence-corrected chi connectivity index (χ4v) is 5.42. The van der Waals surface area contributed by atoms with Gasteiger partial charge in [0.15, 0.2) is 0 Å². The van der Waals surface area contributed by atoms with Gasteiger partial charge in [0.1, 0.15) is 5.82 Å². The first-order valence-corrected chi connectivity index (χ1v) is 14.8. The van der Waals surface area contributed by atoms with Gasteiger partial charge in [0.2, 0.25) is 5.95 Å². The summed E-state index contributed by atoms with van der Waals surface area (Å²) in [5, 5.41) is 3.57. The molecule has 2 heterocycles. The molecule has 0 spiro atoms. The molecule has 5 rings (SSSR count). The SMILES string of the molecule is COCCCNc1nc2cccc(-c3nc4cc(C(=O)OC)ccc4n3CCC(C)C)c2n1CCCc1ccccc1. The summed E-state index contributed by atoms with van der Waals surface area (Å²) < 4.78 is 14.8. The quantitative estimate of drug-likeness (QED) is 0.115. The molecule has 0 saturated heterocycles. The van der Waals surface area contributed by atoms with Crippen molar-refractivity contribution in [1.29, 1.82) is 0 Å². The molecule has 0 aliphatic carbocycles. The Balaban J connectivity index is 1.61. The summed E-state index contributed by atoms with van der Waals surface area (Å²) in [5.74, 6) is 1.91. The van der Waals surface area contributed by atoms with Gasteiger partial charge in [-0.05, 0) is 67.5 Å². The number of nitrogens with zero attached hydrogens (tertiary/aromatic N) is 4. The van der Waals surface area contributed by atoms with Gasteiger partial charge in [-0.2, -0.15) is 0 Å². The van der Waals surface area contributed by atoms with Crippen LogP contribution in [-0.2, 0) is 29.0 Å². The monoisotopic (exact) mass is 567 g/mol. The molecule has 0 radical (unpaired) electrons. The van der Waals surface area contributed by atoms with E-state index in [9.17, 15) is 4.79 Å². The lowest BCUT2D eigenvalue weighted by Crippen LogP contribution is -2.11. The molecule has 8 nitrogen and oxygen atoms in total. The van der Waals surface area contributed by atoms with Crippen LogP contribution in [0.25, 0.3) is 33.5 Å². The predicted molar refractivity (Wildman–Crippen MR) is 169 cm³/mol. The first kappa shape index (κ1) is 29.3. The van der Waals surface area contributed by atoms with Crippen molar-refractivity contribution in [3.8, 4) is 11.4 Å². The maximum atomic E-state index is 12.3. The van der Waals surface area contributed by atoms with Crippen LogP contribution in [0, 0.1) is 5.92 Å². The summed E-state index contributed by atoms with van der Waals surface area (Å²) in [7, 11) is 3.13. The predicted octanol–water partition coefficient (Wildman–Crippen LogP) is 6.97. The number of hydrogen-bond donors (Lipinski definition) is 1. The third-order valence-corrected chi connectivity index (χ3v) is 7.61. The lowest BCUT2D eigenvalue weighted by molar-refractivity contribution is 0.0601. The van der Waals surface area contributed by atoms with Crippen molar-refractivity contribution in [3.63, 3.8) is 0 Å². The smallest absolute Gasteiger partial charge is 0.337 e. The number of fused-ring (bicyclic) bond motifs is 2. The van der Waals surface area contributed by atoms with Gasteiger partial charge >= 0.3 is 5.97 Å². The zero-order chi connectivity index (χ0) is 29.5. The van der Waals surface area contributed by atoms with Crippen LogP contribution in [0.1, 0.15) is 49.0 Å². The Labute approximate surface area is 247 Å². The number of para-hydroxylation sites is 1. The Bertz CT molecular complexity index is 1640.